The Labute approximate surface area is 120 Å². The average Bonchev–Trinajstić information content (AvgIpc) is 2.25. The fraction of sp³-hybridized carbons (Fsp3) is 0.333. The summed E-state index contributed by atoms with van der Waals surface area (Å²) in [4.78, 5) is 23.0. The Bertz CT molecular complexity index is 486. The van der Waals surface area contributed by atoms with Crippen LogP contribution in [0.25, 0.3) is 0 Å². The Balaban J connectivity index is 2.76. The van der Waals surface area contributed by atoms with E-state index < -0.39 is 5.91 Å². The van der Waals surface area contributed by atoms with Crippen LogP contribution in [0.15, 0.2) is 12.1 Å². The molecule has 0 heterocycles. The number of carbonyl (C=O) groups excluding carboxylic acids is 2. The first-order chi connectivity index (χ1) is 8.31. The van der Waals surface area contributed by atoms with Gasteiger partial charge in [-0.1, -0.05) is 48.7 Å². The smallest absolute Gasteiger partial charge is 0.231 e. The number of ketones is 1. The number of rotatable bonds is 4. The highest BCUT2D eigenvalue weighted by atomic mass is 35.5. The maximum absolute atomic E-state index is 11.6. The monoisotopic (exact) mass is 307 g/mol. The minimum atomic E-state index is -0.422. The number of amides is 1. The van der Waals surface area contributed by atoms with Crippen LogP contribution >= 0.6 is 34.8 Å². The molecule has 0 saturated heterocycles. The van der Waals surface area contributed by atoms with Crippen molar-refractivity contribution in [2.75, 3.05) is 5.32 Å². The van der Waals surface area contributed by atoms with Gasteiger partial charge in [-0.25, -0.2) is 0 Å². The first-order valence-electron chi connectivity index (χ1n) is 5.28. The molecule has 3 nitrogen and oxygen atoms in total. The molecule has 1 N–H and O–H groups in total. The molecule has 0 aliphatic heterocycles. The number of Topliss-reactive ketones (excluding diaryl/α,β-unsaturated/α-hetero) is 1. The molecule has 1 aromatic rings. The van der Waals surface area contributed by atoms with Crippen molar-refractivity contribution in [1.82, 2.24) is 0 Å². The molecule has 0 aromatic heterocycles. The van der Waals surface area contributed by atoms with E-state index in [0.29, 0.717) is 10.7 Å². The molecule has 0 unspecified atom stereocenters. The lowest BCUT2D eigenvalue weighted by molar-refractivity contribution is -0.127. The van der Waals surface area contributed by atoms with Gasteiger partial charge in [0.25, 0.3) is 0 Å². The van der Waals surface area contributed by atoms with E-state index in [4.69, 9.17) is 34.8 Å². The molecule has 1 aromatic carbocycles. The van der Waals surface area contributed by atoms with Gasteiger partial charge < -0.3 is 5.32 Å². The Morgan fingerprint density at radius 3 is 2.22 bits per heavy atom. The highest BCUT2D eigenvalue weighted by Gasteiger charge is 2.14. The quantitative estimate of drug-likeness (QED) is 0.669. The van der Waals surface area contributed by atoms with Gasteiger partial charge in [-0.05, 0) is 12.1 Å². The molecule has 0 radical (unpaired) electrons. The SMILES string of the molecule is CC(C)C(=O)CC(=O)Nc1cc(Cl)c(Cl)cc1Cl. The number of hydrogen-bond donors (Lipinski definition) is 1. The molecule has 18 heavy (non-hydrogen) atoms. The first kappa shape index (κ1) is 15.3. The van der Waals surface area contributed by atoms with Crippen molar-refractivity contribution in [3.63, 3.8) is 0 Å². The average molecular weight is 309 g/mol. The summed E-state index contributed by atoms with van der Waals surface area (Å²) in [6.07, 6.45) is -0.186. The second-order valence-electron chi connectivity index (χ2n) is 4.09. The summed E-state index contributed by atoms with van der Waals surface area (Å²) in [5.41, 5.74) is 0.340. The van der Waals surface area contributed by atoms with Crippen LogP contribution in [-0.2, 0) is 9.59 Å². The first-order valence-corrected chi connectivity index (χ1v) is 6.41. The van der Waals surface area contributed by atoms with Crippen LogP contribution in [0.3, 0.4) is 0 Å². The lowest BCUT2D eigenvalue weighted by Crippen LogP contribution is -2.19. The lowest BCUT2D eigenvalue weighted by atomic mass is 10.1. The summed E-state index contributed by atoms with van der Waals surface area (Å²) in [7, 11) is 0. The number of nitrogens with one attached hydrogen (secondary N) is 1. The molecule has 0 aliphatic rings. The molecular weight excluding hydrogens is 296 g/mol. The highest BCUT2D eigenvalue weighted by molar-refractivity contribution is 6.44. The van der Waals surface area contributed by atoms with Crippen LogP contribution in [0.5, 0.6) is 0 Å². The standard InChI is InChI=1S/C12H12Cl3NO2/c1-6(2)11(17)5-12(18)16-10-4-8(14)7(13)3-9(10)15/h3-4,6H,5H2,1-2H3,(H,16,18). The van der Waals surface area contributed by atoms with Gasteiger partial charge in [-0.2, -0.15) is 0 Å². The van der Waals surface area contributed by atoms with E-state index in [1.165, 1.54) is 12.1 Å². The molecule has 1 rings (SSSR count). The third kappa shape index (κ3) is 4.16. The summed E-state index contributed by atoms with van der Waals surface area (Å²) >= 11 is 17.5. The van der Waals surface area contributed by atoms with Crippen molar-refractivity contribution in [2.45, 2.75) is 20.3 Å². The van der Waals surface area contributed by atoms with Gasteiger partial charge in [0.1, 0.15) is 5.78 Å². The number of halogens is 3. The van der Waals surface area contributed by atoms with E-state index in [1.54, 1.807) is 13.8 Å². The van der Waals surface area contributed by atoms with E-state index in [0.717, 1.165) is 0 Å². The lowest BCUT2D eigenvalue weighted by Gasteiger charge is -2.09. The van der Waals surface area contributed by atoms with Gasteiger partial charge in [-0.3, -0.25) is 9.59 Å². The largest absolute Gasteiger partial charge is 0.324 e. The van der Waals surface area contributed by atoms with Crippen molar-refractivity contribution in [3.8, 4) is 0 Å². The fourth-order valence-corrected chi connectivity index (χ4v) is 1.77. The third-order valence-electron chi connectivity index (χ3n) is 2.26. The van der Waals surface area contributed by atoms with Crippen molar-refractivity contribution >= 4 is 52.2 Å². The topological polar surface area (TPSA) is 46.2 Å². The maximum atomic E-state index is 11.6. The van der Waals surface area contributed by atoms with Gasteiger partial charge in [-0.15, -0.1) is 0 Å². The Morgan fingerprint density at radius 1 is 1.11 bits per heavy atom. The van der Waals surface area contributed by atoms with E-state index in [-0.39, 0.29) is 28.2 Å². The van der Waals surface area contributed by atoms with E-state index >= 15 is 0 Å². The van der Waals surface area contributed by atoms with E-state index in [9.17, 15) is 9.59 Å². The summed E-state index contributed by atoms with van der Waals surface area (Å²) in [5.74, 6) is -0.738. The van der Waals surface area contributed by atoms with Crippen LogP contribution in [0.4, 0.5) is 5.69 Å². The number of carbonyl (C=O) groups is 2. The van der Waals surface area contributed by atoms with Crippen LogP contribution in [0.1, 0.15) is 20.3 Å². The van der Waals surface area contributed by atoms with E-state index in [2.05, 4.69) is 5.32 Å². The summed E-state index contributed by atoms with van der Waals surface area (Å²) < 4.78 is 0. The number of anilines is 1. The van der Waals surface area contributed by atoms with Gasteiger partial charge in [0.2, 0.25) is 5.91 Å². The zero-order valence-corrected chi connectivity index (χ0v) is 12.2. The zero-order chi connectivity index (χ0) is 13.9. The third-order valence-corrected chi connectivity index (χ3v) is 3.30. The predicted octanol–water partition coefficient (Wildman–Crippen LogP) is 4.20. The van der Waals surface area contributed by atoms with Gasteiger partial charge >= 0.3 is 0 Å². The van der Waals surface area contributed by atoms with Crippen LogP contribution in [0.2, 0.25) is 15.1 Å². The van der Waals surface area contributed by atoms with Gasteiger partial charge in [0.15, 0.2) is 0 Å². The molecule has 0 saturated carbocycles. The Morgan fingerprint density at radius 2 is 1.67 bits per heavy atom. The molecule has 0 bridgehead atoms. The molecular formula is C12H12Cl3NO2. The molecule has 0 spiro atoms. The molecule has 6 heteroatoms. The molecule has 0 atom stereocenters. The zero-order valence-electron chi connectivity index (χ0n) is 9.89. The predicted molar refractivity (Wildman–Crippen MR) is 74.6 cm³/mol. The fourth-order valence-electron chi connectivity index (χ4n) is 1.18. The Kier molecular flexibility index (Phi) is 5.45. The van der Waals surface area contributed by atoms with Gasteiger partial charge in [0, 0.05) is 5.92 Å². The second kappa shape index (κ2) is 6.41. The van der Waals surface area contributed by atoms with Crippen molar-refractivity contribution < 1.29 is 9.59 Å². The van der Waals surface area contributed by atoms with Crippen LogP contribution in [-0.4, -0.2) is 11.7 Å². The summed E-state index contributed by atoms with van der Waals surface area (Å²) in [6.45, 7) is 3.48. The number of benzene rings is 1. The second-order valence-corrected chi connectivity index (χ2v) is 5.31. The summed E-state index contributed by atoms with van der Waals surface area (Å²) in [6, 6.07) is 2.88. The van der Waals surface area contributed by atoms with Gasteiger partial charge in [0.05, 0.1) is 27.2 Å². The Hall–Kier alpha value is -0.770. The highest BCUT2D eigenvalue weighted by Crippen LogP contribution is 2.32. The molecule has 1 amide bonds. The van der Waals surface area contributed by atoms with Crippen molar-refractivity contribution in [3.05, 3.63) is 27.2 Å². The van der Waals surface area contributed by atoms with Crippen molar-refractivity contribution in [1.29, 1.82) is 0 Å². The molecule has 98 valence electrons. The molecule has 0 aliphatic carbocycles. The van der Waals surface area contributed by atoms with E-state index in [1.807, 2.05) is 0 Å². The molecule has 0 fully saturated rings. The number of hydrogen-bond acceptors (Lipinski definition) is 2. The normalized spacial score (nSPS) is 10.6. The van der Waals surface area contributed by atoms with Crippen molar-refractivity contribution in [2.24, 2.45) is 5.92 Å². The van der Waals surface area contributed by atoms with Crippen LogP contribution < -0.4 is 5.32 Å². The minimum absolute atomic E-state index is 0.135. The minimum Gasteiger partial charge on any atom is -0.324 e. The summed E-state index contributed by atoms with van der Waals surface area (Å²) in [5, 5.41) is 3.39. The maximum Gasteiger partial charge on any atom is 0.231 e. The van der Waals surface area contributed by atoms with Crippen LogP contribution in [0, 0.1) is 5.92 Å².